The van der Waals surface area contributed by atoms with Gasteiger partial charge in [0.1, 0.15) is 4.75 Å². The summed E-state index contributed by atoms with van der Waals surface area (Å²) in [6.45, 7) is 2.50. The molecule has 0 radical (unpaired) electrons. The largest absolute Gasteiger partial charge is 0.324 e. The number of nitrogens with zero attached hydrogens (tertiary/aromatic N) is 2. The van der Waals surface area contributed by atoms with Gasteiger partial charge in [-0.15, -0.1) is 0 Å². The maximum Gasteiger partial charge on any atom is 0.289 e. The van der Waals surface area contributed by atoms with Gasteiger partial charge >= 0.3 is 0 Å². The van der Waals surface area contributed by atoms with Crippen LogP contribution in [-0.4, -0.2) is 51.7 Å². The number of carbonyl (C=O) groups excluding carboxylic acids is 3. The first kappa shape index (κ1) is 19.6. The van der Waals surface area contributed by atoms with Crippen molar-refractivity contribution in [2.45, 2.75) is 23.1 Å². The van der Waals surface area contributed by atoms with Crippen molar-refractivity contribution < 1.29 is 14.4 Å². The lowest BCUT2D eigenvalue weighted by Gasteiger charge is -2.41. The average Bonchev–Trinajstić information content (AvgIpc) is 3.27. The van der Waals surface area contributed by atoms with Gasteiger partial charge in [0.05, 0.1) is 0 Å². The Morgan fingerprint density at radius 1 is 1.13 bits per heavy atom. The molecule has 0 saturated carbocycles. The highest BCUT2D eigenvalue weighted by molar-refractivity contribution is 8.16. The number of halogens is 1. The molecule has 0 aromatic heterocycles. The van der Waals surface area contributed by atoms with E-state index in [-0.39, 0.29) is 29.5 Å². The number of carbonyl (C=O) groups is 3. The van der Waals surface area contributed by atoms with Crippen LogP contribution in [0.2, 0.25) is 5.02 Å². The molecule has 6 nitrogen and oxygen atoms in total. The second-order valence-electron chi connectivity index (χ2n) is 7.85. The lowest BCUT2D eigenvalue weighted by Crippen LogP contribution is -2.61. The Hall–Kier alpha value is -2.35. The third-order valence-corrected chi connectivity index (χ3v) is 8.29. The molecule has 2 spiro atoms. The van der Waals surface area contributed by atoms with E-state index < -0.39 is 10.3 Å². The van der Waals surface area contributed by atoms with E-state index in [9.17, 15) is 14.4 Å². The van der Waals surface area contributed by atoms with Crippen molar-refractivity contribution >= 4 is 46.1 Å². The topological polar surface area (TPSA) is 69.7 Å². The molecule has 0 unspecified atom stereocenters. The predicted octanol–water partition coefficient (Wildman–Crippen LogP) is 3.67. The van der Waals surface area contributed by atoms with Crippen LogP contribution < -0.4 is 5.32 Å². The Kier molecular flexibility index (Phi) is 4.29. The summed E-state index contributed by atoms with van der Waals surface area (Å²) in [7, 11) is 1.85. The molecule has 2 aromatic rings. The van der Waals surface area contributed by atoms with E-state index >= 15 is 0 Å². The number of hydrogen-bond donors (Lipinski definition) is 1. The summed E-state index contributed by atoms with van der Waals surface area (Å²) in [5, 5.41) is 3.24. The van der Waals surface area contributed by atoms with Crippen molar-refractivity contribution in [3.8, 4) is 0 Å². The van der Waals surface area contributed by atoms with Crippen LogP contribution >= 0.6 is 23.4 Å². The number of fused-ring (bicyclic) bond motifs is 3. The minimum absolute atomic E-state index is 0.267. The summed E-state index contributed by atoms with van der Waals surface area (Å²) >= 11 is 7.09. The molecule has 5 rings (SSSR count). The molecular weight excluding hydrogens is 422 g/mol. The molecule has 30 heavy (non-hydrogen) atoms. The molecule has 3 atom stereocenters. The average molecular weight is 442 g/mol. The first-order chi connectivity index (χ1) is 14.4. The monoisotopic (exact) mass is 441 g/mol. The summed E-state index contributed by atoms with van der Waals surface area (Å²) in [6, 6.07) is 14.8. The van der Waals surface area contributed by atoms with Crippen LogP contribution in [0.5, 0.6) is 0 Å². The molecule has 3 amide bonds. The Morgan fingerprint density at radius 3 is 2.50 bits per heavy atom. The summed E-state index contributed by atoms with van der Waals surface area (Å²) in [5.74, 6) is -0.944. The molecule has 3 aliphatic rings. The number of nitrogens with one attached hydrogen (secondary N) is 1. The van der Waals surface area contributed by atoms with Crippen molar-refractivity contribution in [3.63, 3.8) is 0 Å². The van der Waals surface area contributed by atoms with Gasteiger partial charge < -0.3 is 5.32 Å². The van der Waals surface area contributed by atoms with Crippen molar-refractivity contribution in [1.29, 1.82) is 0 Å². The van der Waals surface area contributed by atoms with Gasteiger partial charge in [0.15, 0.2) is 5.54 Å². The van der Waals surface area contributed by atoms with Crippen LogP contribution in [0.1, 0.15) is 24.0 Å². The van der Waals surface area contributed by atoms with Crippen LogP contribution in [0.25, 0.3) is 0 Å². The lowest BCUT2D eigenvalue weighted by atomic mass is 9.72. The minimum atomic E-state index is -1.31. The molecule has 1 N–H and O–H groups in total. The smallest absolute Gasteiger partial charge is 0.289 e. The van der Waals surface area contributed by atoms with E-state index in [1.54, 1.807) is 19.1 Å². The lowest BCUT2D eigenvalue weighted by molar-refractivity contribution is -0.138. The van der Waals surface area contributed by atoms with Crippen LogP contribution in [-0.2, 0) is 15.1 Å². The van der Waals surface area contributed by atoms with E-state index in [4.69, 9.17) is 11.6 Å². The summed E-state index contributed by atoms with van der Waals surface area (Å²) < 4.78 is -1.31. The molecule has 2 aromatic carbocycles. The van der Waals surface area contributed by atoms with Crippen molar-refractivity contribution in [1.82, 2.24) is 9.80 Å². The normalized spacial score (nSPS) is 30.6. The zero-order valence-electron chi connectivity index (χ0n) is 16.5. The molecule has 3 heterocycles. The van der Waals surface area contributed by atoms with Crippen molar-refractivity contribution in [2.24, 2.45) is 0 Å². The third kappa shape index (κ3) is 2.18. The third-order valence-electron chi connectivity index (χ3n) is 6.57. The number of imide groups is 1. The predicted molar refractivity (Wildman–Crippen MR) is 117 cm³/mol. The highest BCUT2D eigenvalue weighted by Gasteiger charge is 2.78. The second-order valence-corrected chi connectivity index (χ2v) is 9.48. The van der Waals surface area contributed by atoms with Crippen LogP contribution in [0.4, 0.5) is 10.5 Å². The Morgan fingerprint density at radius 2 is 1.83 bits per heavy atom. The second kappa shape index (κ2) is 6.57. The molecule has 3 aliphatic heterocycles. The number of anilines is 1. The highest BCUT2D eigenvalue weighted by atomic mass is 35.5. The fourth-order valence-electron chi connectivity index (χ4n) is 5.34. The molecular formula is C22H20ClN3O3S. The van der Waals surface area contributed by atoms with Crippen LogP contribution in [0.3, 0.4) is 0 Å². The summed E-state index contributed by atoms with van der Waals surface area (Å²) in [5.41, 5.74) is 1.02. The molecule has 8 heteroatoms. The van der Waals surface area contributed by atoms with Crippen molar-refractivity contribution in [2.75, 3.05) is 25.5 Å². The molecule has 2 fully saturated rings. The number of likely N-dealkylation sites (tertiary alicyclic amines) is 1. The maximum atomic E-state index is 13.9. The van der Waals surface area contributed by atoms with Crippen LogP contribution in [0.15, 0.2) is 48.5 Å². The number of amides is 3. The van der Waals surface area contributed by atoms with Gasteiger partial charge in [-0.25, -0.2) is 0 Å². The molecule has 154 valence electrons. The number of likely N-dealkylation sites (N-methyl/N-ethyl adjacent to an activating group) is 1. The number of para-hydroxylation sites is 1. The number of benzene rings is 2. The standard InChI is InChI=1S/C22H20ClN3O3S/c1-3-26-19(28)22(30-20(26)29)16(13-8-10-14(23)11-9-13)12-25(2)21(22)15-6-4-5-7-17(15)24-18(21)27/h4-11,16H,3,12H2,1-2H3,(H,24,27)/t16-,21+,22-/m0/s1. The van der Waals surface area contributed by atoms with Gasteiger partial charge in [-0.2, -0.15) is 0 Å². The summed E-state index contributed by atoms with van der Waals surface area (Å²) in [6.07, 6.45) is 0. The first-order valence-electron chi connectivity index (χ1n) is 9.80. The minimum Gasteiger partial charge on any atom is -0.324 e. The highest BCUT2D eigenvalue weighted by Crippen LogP contribution is 2.65. The molecule has 0 aliphatic carbocycles. The van der Waals surface area contributed by atoms with E-state index in [0.29, 0.717) is 17.3 Å². The SMILES string of the molecule is CCN1C(=O)S[C@]2(C1=O)[C@H](c1ccc(Cl)cc1)CN(C)[C@]21C(=O)Nc2ccccc21. The number of thioether (sulfide) groups is 1. The van der Waals surface area contributed by atoms with E-state index in [2.05, 4.69) is 5.32 Å². The zero-order valence-corrected chi connectivity index (χ0v) is 18.1. The Labute approximate surface area is 183 Å². The van der Waals surface area contributed by atoms with E-state index in [1.807, 2.05) is 48.3 Å². The molecule has 2 saturated heterocycles. The zero-order chi connectivity index (χ0) is 21.3. The molecule has 0 bridgehead atoms. The van der Waals surface area contributed by atoms with Crippen molar-refractivity contribution in [3.05, 3.63) is 64.7 Å². The number of rotatable bonds is 2. The van der Waals surface area contributed by atoms with Gasteiger partial charge in [0.2, 0.25) is 5.91 Å². The van der Waals surface area contributed by atoms with Gasteiger partial charge in [-0.3, -0.25) is 24.2 Å². The van der Waals surface area contributed by atoms with Gasteiger partial charge in [-0.1, -0.05) is 41.9 Å². The van der Waals surface area contributed by atoms with E-state index in [1.165, 1.54) is 4.90 Å². The van der Waals surface area contributed by atoms with Gasteiger partial charge in [-0.05, 0) is 49.5 Å². The van der Waals surface area contributed by atoms with Gasteiger partial charge in [0.25, 0.3) is 11.1 Å². The Bertz CT molecular complexity index is 1090. The quantitative estimate of drug-likeness (QED) is 0.770. The number of hydrogen-bond acceptors (Lipinski definition) is 5. The fraction of sp³-hybridized carbons (Fsp3) is 0.318. The summed E-state index contributed by atoms with van der Waals surface area (Å²) in [4.78, 5) is 43.7. The Balaban J connectivity index is 1.82. The van der Waals surface area contributed by atoms with Gasteiger partial charge in [0, 0.05) is 35.3 Å². The maximum absolute atomic E-state index is 13.9. The fourth-order valence-corrected chi connectivity index (χ4v) is 7.12. The first-order valence-corrected chi connectivity index (χ1v) is 11.0. The van der Waals surface area contributed by atoms with Crippen LogP contribution in [0, 0.1) is 0 Å². The van der Waals surface area contributed by atoms with E-state index in [0.717, 1.165) is 22.9 Å².